The van der Waals surface area contributed by atoms with E-state index in [9.17, 15) is 4.79 Å². The molecule has 0 saturated carbocycles. The largest absolute Gasteiger partial charge is 0.358 e. The lowest BCUT2D eigenvalue weighted by molar-refractivity contribution is -0.116. The number of anilines is 2. The molecule has 0 aliphatic heterocycles. The van der Waals surface area contributed by atoms with Crippen LogP contribution in [0.4, 0.5) is 11.5 Å². The van der Waals surface area contributed by atoms with Crippen LogP contribution in [0.1, 0.15) is 12.7 Å². The smallest absolute Gasteiger partial charge is 0.246 e. The number of benzene rings is 2. The fourth-order valence-electron chi connectivity index (χ4n) is 3.32. The number of fused-ring (bicyclic) bond motifs is 1. The monoisotopic (exact) mass is 431 g/mol. The molecule has 0 spiro atoms. The van der Waals surface area contributed by atoms with E-state index in [0.717, 1.165) is 32.9 Å². The molecule has 4 rings (SSSR count). The zero-order valence-corrected chi connectivity index (χ0v) is 18.6. The third-order valence-corrected chi connectivity index (χ3v) is 5.68. The predicted octanol–water partition coefficient (Wildman–Crippen LogP) is 4.86. The van der Waals surface area contributed by atoms with Crippen LogP contribution in [0.2, 0.25) is 0 Å². The molecule has 158 valence electrons. The minimum absolute atomic E-state index is 0.122. The molecular formula is C24H25N5OS. The number of nitrogens with zero attached hydrogens (tertiary/aromatic N) is 3. The van der Waals surface area contributed by atoms with Gasteiger partial charge in [-0.05, 0) is 38.7 Å². The van der Waals surface area contributed by atoms with Crippen molar-refractivity contribution >= 4 is 39.0 Å². The predicted molar refractivity (Wildman–Crippen MR) is 128 cm³/mol. The van der Waals surface area contributed by atoms with Gasteiger partial charge in [-0.1, -0.05) is 48.5 Å². The first kappa shape index (κ1) is 21.0. The Balaban J connectivity index is 1.70. The summed E-state index contributed by atoms with van der Waals surface area (Å²) in [7, 11) is 3.97. The zero-order valence-electron chi connectivity index (χ0n) is 17.8. The van der Waals surface area contributed by atoms with Crippen LogP contribution < -0.4 is 10.6 Å². The van der Waals surface area contributed by atoms with Crippen molar-refractivity contribution in [1.29, 1.82) is 0 Å². The summed E-state index contributed by atoms with van der Waals surface area (Å²) in [5.74, 6) is 1.28. The van der Waals surface area contributed by atoms with Crippen LogP contribution in [0, 0.1) is 0 Å². The molecule has 1 amide bonds. The van der Waals surface area contributed by atoms with Crippen LogP contribution >= 0.6 is 11.3 Å². The van der Waals surface area contributed by atoms with E-state index in [-0.39, 0.29) is 5.91 Å². The number of amides is 1. The molecule has 2 aromatic heterocycles. The topological polar surface area (TPSA) is 70.2 Å². The van der Waals surface area contributed by atoms with E-state index in [4.69, 9.17) is 9.97 Å². The summed E-state index contributed by atoms with van der Waals surface area (Å²) < 4.78 is 0. The van der Waals surface area contributed by atoms with Crippen LogP contribution in [0.5, 0.6) is 0 Å². The zero-order chi connectivity index (χ0) is 21.8. The lowest BCUT2D eigenvalue weighted by Gasteiger charge is -2.17. The van der Waals surface area contributed by atoms with Gasteiger partial charge in [0.15, 0.2) is 0 Å². The Morgan fingerprint density at radius 3 is 2.39 bits per heavy atom. The lowest BCUT2D eigenvalue weighted by atomic mass is 10.1. The van der Waals surface area contributed by atoms with E-state index in [2.05, 4.69) is 28.1 Å². The van der Waals surface area contributed by atoms with Crippen molar-refractivity contribution in [3.63, 3.8) is 0 Å². The standard InChI is InChI=1S/C24H25N5OS/c1-16(23(30)26-18-12-8-5-9-13-18)25-22-21-19(17-10-6-4-7-11-17)15-31-24(21)28-20(27-22)14-29(2)3/h4-13,15-16H,14H2,1-3H3,(H,26,30)(H,25,27,28). The maximum atomic E-state index is 12.8. The molecule has 0 aliphatic rings. The van der Waals surface area contributed by atoms with Gasteiger partial charge in [-0.3, -0.25) is 4.79 Å². The number of carbonyl (C=O) groups excluding carboxylic acids is 1. The highest BCUT2D eigenvalue weighted by atomic mass is 32.1. The van der Waals surface area contributed by atoms with Gasteiger partial charge in [0.2, 0.25) is 5.91 Å². The molecule has 0 bridgehead atoms. The average molecular weight is 432 g/mol. The quantitative estimate of drug-likeness (QED) is 0.437. The van der Waals surface area contributed by atoms with Gasteiger partial charge >= 0.3 is 0 Å². The first-order chi connectivity index (χ1) is 15.0. The Morgan fingerprint density at radius 2 is 1.71 bits per heavy atom. The van der Waals surface area contributed by atoms with Crippen molar-refractivity contribution in [2.24, 2.45) is 0 Å². The fraction of sp³-hybridized carbons (Fsp3) is 0.208. The number of para-hydroxylation sites is 1. The first-order valence-corrected chi connectivity index (χ1v) is 11.0. The molecule has 0 aliphatic carbocycles. The van der Waals surface area contributed by atoms with Crippen molar-refractivity contribution < 1.29 is 4.79 Å². The molecular weight excluding hydrogens is 406 g/mol. The van der Waals surface area contributed by atoms with Crippen molar-refractivity contribution in [3.8, 4) is 11.1 Å². The number of rotatable bonds is 7. The van der Waals surface area contributed by atoms with E-state index >= 15 is 0 Å². The molecule has 0 fully saturated rings. The molecule has 31 heavy (non-hydrogen) atoms. The van der Waals surface area contributed by atoms with E-state index in [0.29, 0.717) is 12.4 Å². The van der Waals surface area contributed by atoms with Crippen LogP contribution in [0.15, 0.2) is 66.0 Å². The third-order valence-electron chi connectivity index (χ3n) is 4.81. The van der Waals surface area contributed by atoms with Gasteiger partial charge in [0.05, 0.1) is 11.9 Å². The number of nitrogens with one attached hydrogen (secondary N) is 2. The van der Waals surface area contributed by atoms with E-state index in [1.165, 1.54) is 0 Å². The van der Waals surface area contributed by atoms with Crippen LogP contribution in [-0.4, -0.2) is 40.9 Å². The molecule has 1 unspecified atom stereocenters. The normalized spacial score (nSPS) is 12.1. The Labute approximate surface area is 186 Å². The Hall–Kier alpha value is -3.29. The summed E-state index contributed by atoms with van der Waals surface area (Å²) in [6.45, 7) is 2.46. The van der Waals surface area contributed by atoms with Crippen LogP contribution in [0.3, 0.4) is 0 Å². The van der Waals surface area contributed by atoms with Crippen molar-refractivity contribution in [2.45, 2.75) is 19.5 Å². The fourth-order valence-corrected chi connectivity index (χ4v) is 4.28. The number of hydrogen-bond acceptors (Lipinski definition) is 6. The van der Waals surface area contributed by atoms with E-state index < -0.39 is 6.04 Å². The number of carbonyl (C=O) groups is 1. The van der Waals surface area contributed by atoms with Gasteiger partial charge in [-0.15, -0.1) is 11.3 Å². The van der Waals surface area contributed by atoms with Gasteiger partial charge in [-0.25, -0.2) is 9.97 Å². The molecule has 2 aromatic carbocycles. The third kappa shape index (κ3) is 4.90. The molecule has 0 radical (unpaired) electrons. The Morgan fingerprint density at radius 1 is 1.03 bits per heavy atom. The average Bonchev–Trinajstić information content (AvgIpc) is 3.19. The molecule has 0 saturated heterocycles. The van der Waals surface area contributed by atoms with Gasteiger partial charge in [0, 0.05) is 16.6 Å². The Kier molecular flexibility index (Phi) is 6.25. The van der Waals surface area contributed by atoms with E-state index in [1.807, 2.05) is 74.4 Å². The summed E-state index contributed by atoms with van der Waals surface area (Å²) >= 11 is 1.59. The van der Waals surface area contributed by atoms with Crippen LogP contribution in [-0.2, 0) is 11.3 Å². The maximum absolute atomic E-state index is 12.8. The summed E-state index contributed by atoms with van der Waals surface area (Å²) in [6.07, 6.45) is 0. The summed E-state index contributed by atoms with van der Waals surface area (Å²) in [5, 5.41) is 9.33. The number of hydrogen-bond donors (Lipinski definition) is 2. The van der Waals surface area contributed by atoms with Crippen LogP contribution in [0.25, 0.3) is 21.3 Å². The molecule has 7 heteroatoms. The first-order valence-electron chi connectivity index (χ1n) is 10.1. The number of aromatic nitrogens is 2. The summed E-state index contributed by atoms with van der Waals surface area (Å²) in [6, 6.07) is 19.2. The van der Waals surface area contributed by atoms with E-state index in [1.54, 1.807) is 11.3 Å². The highest BCUT2D eigenvalue weighted by molar-refractivity contribution is 7.17. The van der Waals surface area contributed by atoms with Gasteiger partial charge in [0.25, 0.3) is 0 Å². The maximum Gasteiger partial charge on any atom is 0.246 e. The SMILES string of the molecule is CC(Nc1nc(CN(C)C)nc2scc(-c3ccccc3)c12)C(=O)Nc1ccccc1. The second-order valence-electron chi connectivity index (χ2n) is 7.64. The van der Waals surface area contributed by atoms with Crippen molar-refractivity contribution in [3.05, 3.63) is 71.9 Å². The summed E-state index contributed by atoms with van der Waals surface area (Å²) in [5.41, 5.74) is 2.93. The highest BCUT2D eigenvalue weighted by Gasteiger charge is 2.20. The van der Waals surface area contributed by atoms with Crippen molar-refractivity contribution in [1.82, 2.24) is 14.9 Å². The van der Waals surface area contributed by atoms with Gasteiger partial charge in [0.1, 0.15) is 22.5 Å². The minimum Gasteiger partial charge on any atom is -0.358 e. The second-order valence-corrected chi connectivity index (χ2v) is 8.50. The molecule has 2 N–H and O–H groups in total. The molecule has 1 atom stereocenters. The van der Waals surface area contributed by atoms with Gasteiger partial charge < -0.3 is 15.5 Å². The molecule has 6 nitrogen and oxygen atoms in total. The second kappa shape index (κ2) is 9.24. The minimum atomic E-state index is -0.478. The summed E-state index contributed by atoms with van der Waals surface area (Å²) in [4.78, 5) is 25.3. The molecule has 2 heterocycles. The Bertz CT molecular complexity index is 1170. The van der Waals surface area contributed by atoms with Crippen molar-refractivity contribution in [2.75, 3.05) is 24.7 Å². The molecule has 4 aromatic rings. The number of thiophene rings is 1. The lowest BCUT2D eigenvalue weighted by Crippen LogP contribution is -2.32. The van der Waals surface area contributed by atoms with Gasteiger partial charge in [-0.2, -0.15) is 0 Å². The highest BCUT2D eigenvalue weighted by Crippen LogP contribution is 2.37.